The summed E-state index contributed by atoms with van der Waals surface area (Å²) in [6.07, 6.45) is 0. The van der Waals surface area contributed by atoms with Gasteiger partial charge in [-0.2, -0.15) is 0 Å². The molecule has 0 atom stereocenters. The number of ether oxygens (including phenoxy) is 2. The fourth-order valence-electron chi connectivity index (χ4n) is 2.26. The molecule has 0 unspecified atom stereocenters. The molecule has 2 aromatic rings. The summed E-state index contributed by atoms with van der Waals surface area (Å²) < 4.78 is 36.0. The molecule has 0 bridgehead atoms. The van der Waals surface area contributed by atoms with Crippen LogP contribution in [0.25, 0.3) is 0 Å². The van der Waals surface area contributed by atoms with E-state index in [9.17, 15) is 13.2 Å². The molecular formula is C18H21NO5S. The molecule has 0 spiro atoms. The summed E-state index contributed by atoms with van der Waals surface area (Å²) in [6.45, 7) is 0.270. The van der Waals surface area contributed by atoms with E-state index >= 15 is 0 Å². The molecule has 134 valence electrons. The Balaban J connectivity index is 2.05. The second-order valence-corrected chi connectivity index (χ2v) is 7.62. The van der Waals surface area contributed by atoms with Crippen LogP contribution in [0.5, 0.6) is 5.75 Å². The number of hydrogen-bond donors (Lipinski definition) is 0. The van der Waals surface area contributed by atoms with Crippen LogP contribution in [-0.4, -0.2) is 40.0 Å². The largest absolute Gasteiger partial charge is 0.497 e. The number of sulfonamides is 1. The predicted octanol–water partition coefficient (Wildman–Crippen LogP) is 2.44. The number of benzene rings is 2. The van der Waals surface area contributed by atoms with E-state index in [1.165, 1.54) is 11.4 Å². The third-order valence-electron chi connectivity index (χ3n) is 3.76. The molecule has 0 fully saturated rings. The summed E-state index contributed by atoms with van der Waals surface area (Å²) in [7, 11) is 0.945. The van der Waals surface area contributed by atoms with Crippen LogP contribution in [-0.2, 0) is 27.1 Å². The minimum Gasteiger partial charge on any atom is -0.497 e. The second kappa shape index (κ2) is 8.13. The van der Waals surface area contributed by atoms with Crippen molar-refractivity contribution in [2.24, 2.45) is 0 Å². The number of esters is 1. The zero-order valence-corrected chi connectivity index (χ0v) is 15.2. The van der Waals surface area contributed by atoms with Gasteiger partial charge in [-0.3, -0.25) is 0 Å². The van der Waals surface area contributed by atoms with Crippen LogP contribution in [0.1, 0.15) is 21.5 Å². The topological polar surface area (TPSA) is 72.9 Å². The quantitative estimate of drug-likeness (QED) is 0.707. The SMILES string of the molecule is COC(=O)c1ccc(CS(=O)(=O)N(C)Cc2ccc(OC)cc2)cc1. The maximum absolute atomic E-state index is 12.5. The van der Waals surface area contributed by atoms with Crippen LogP contribution in [0.2, 0.25) is 0 Å². The fraction of sp³-hybridized carbons (Fsp3) is 0.278. The van der Waals surface area contributed by atoms with Crippen molar-refractivity contribution in [3.8, 4) is 5.75 Å². The van der Waals surface area contributed by atoms with E-state index in [1.54, 1.807) is 50.6 Å². The Morgan fingerprint density at radius 2 is 1.52 bits per heavy atom. The van der Waals surface area contributed by atoms with E-state index in [1.807, 2.05) is 12.1 Å². The zero-order valence-electron chi connectivity index (χ0n) is 14.4. The molecule has 0 amide bonds. The molecule has 0 saturated carbocycles. The Kier molecular flexibility index (Phi) is 6.17. The first-order valence-corrected chi connectivity index (χ1v) is 9.21. The lowest BCUT2D eigenvalue weighted by atomic mass is 10.1. The van der Waals surface area contributed by atoms with Crippen molar-refractivity contribution >= 4 is 16.0 Å². The van der Waals surface area contributed by atoms with Gasteiger partial charge in [0, 0.05) is 13.6 Å². The van der Waals surface area contributed by atoms with Gasteiger partial charge in [-0.15, -0.1) is 0 Å². The van der Waals surface area contributed by atoms with Crippen LogP contribution in [0, 0.1) is 0 Å². The van der Waals surface area contributed by atoms with Crippen molar-refractivity contribution in [3.63, 3.8) is 0 Å². The highest BCUT2D eigenvalue weighted by atomic mass is 32.2. The molecule has 0 aliphatic rings. The van der Waals surface area contributed by atoms with Gasteiger partial charge in [0.25, 0.3) is 0 Å². The summed E-state index contributed by atoms with van der Waals surface area (Å²) in [4.78, 5) is 11.4. The predicted molar refractivity (Wildman–Crippen MR) is 94.9 cm³/mol. The van der Waals surface area contributed by atoms with Gasteiger partial charge in [-0.25, -0.2) is 17.5 Å². The summed E-state index contributed by atoms with van der Waals surface area (Å²) in [5.74, 6) is 0.132. The molecule has 2 aromatic carbocycles. The van der Waals surface area contributed by atoms with E-state index in [2.05, 4.69) is 4.74 Å². The molecule has 6 nitrogen and oxygen atoms in total. The third-order valence-corrected chi connectivity index (χ3v) is 5.54. The molecule has 0 saturated heterocycles. The fourth-order valence-corrected chi connectivity index (χ4v) is 3.44. The van der Waals surface area contributed by atoms with E-state index in [4.69, 9.17) is 4.74 Å². The number of carbonyl (C=O) groups is 1. The minimum atomic E-state index is -3.48. The Labute approximate surface area is 148 Å². The summed E-state index contributed by atoms with van der Waals surface area (Å²) in [5.41, 5.74) is 1.86. The van der Waals surface area contributed by atoms with Crippen LogP contribution in [0.3, 0.4) is 0 Å². The Bertz CT molecular complexity index is 814. The average molecular weight is 363 g/mol. The number of rotatable bonds is 7. The summed E-state index contributed by atoms with van der Waals surface area (Å²) in [6, 6.07) is 13.6. The van der Waals surface area contributed by atoms with Gasteiger partial charge in [0.2, 0.25) is 10.0 Å². The number of carbonyl (C=O) groups excluding carboxylic acids is 1. The maximum atomic E-state index is 12.5. The monoisotopic (exact) mass is 363 g/mol. The van der Waals surface area contributed by atoms with E-state index in [0.717, 1.165) is 11.3 Å². The second-order valence-electron chi connectivity index (χ2n) is 5.55. The minimum absolute atomic E-state index is 0.138. The van der Waals surface area contributed by atoms with Crippen LogP contribution < -0.4 is 4.74 Å². The van der Waals surface area contributed by atoms with Crippen LogP contribution in [0.15, 0.2) is 48.5 Å². The molecule has 0 aliphatic carbocycles. The first-order valence-electron chi connectivity index (χ1n) is 7.60. The highest BCUT2D eigenvalue weighted by Gasteiger charge is 2.19. The van der Waals surface area contributed by atoms with Gasteiger partial charge in [-0.1, -0.05) is 24.3 Å². The highest BCUT2D eigenvalue weighted by Crippen LogP contribution is 2.16. The zero-order chi connectivity index (χ0) is 18.4. The highest BCUT2D eigenvalue weighted by molar-refractivity contribution is 7.88. The van der Waals surface area contributed by atoms with Gasteiger partial charge in [-0.05, 0) is 35.4 Å². The summed E-state index contributed by atoms with van der Waals surface area (Å²) in [5, 5.41) is 0. The van der Waals surface area contributed by atoms with E-state index in [-0.39, 0.29) is 12.3 Å². The lowest BCUT2D eigenvalue weighted by molar-refractivity contribution is 0.0600. The van der Waals surface area contributed by atoms with Crippen molar-refractivity contribution in [1.82, 2.24) is 4.31 Å². The van der Waals surface area contributed by atoms with Gasteiger partial charge in [0.05, 0.1) is 25.5 Å². The molecule has 0 radical (unpaired) electrons. The molecule has 7 heteroatoms. The van der Waals surface area contributed by atoms with Crippen molar-refractivity contribution < 1.29 is 22.7 Å². The molecule has 0 aliphatic heterocycles. The Hall–Kier alpha value is -2.38. The lowest BCUT2D eigenvalue weighted by Gasteiger charge is -2.17. The molecular weight excluding hydrogens is 342 g/mol. The van der Waals surface area contributed by atoms with Gasteiger partial charge >= 0.3 is 5.97 Å². The smallest absolute Gasteiger partial charge is 0.337 e. The van der Waals surface area contributed by atoms with Crippen molar-refractivity contribution in [3.05, 3.63) is 65.2 Å². The third kappa shape index (κ3) is 5.04. The van der Waals surface area contributed by atoms with Crippen LogP contribution >= 0.6 is 0 Å². The van der Waals surface area contributed by atoms with Crippen molar-refractivity contribution in [1.29, 1.82) is 0 Å². The summed E-state index contributed by atoms with van der Waals surface area (Å²) >= 11 is 0. The first-order chi connectivity index (χ1) is 11.9. The standard InChI is InChI=1S/C18H21NO5S/c1-19(12-14-6-10-17(23-2)11-7-14)25(21,22)13-15-4-8-16(9-5-15)18(20)24-3/h4-11H,12-13H2,1-3H3. The average Bonchev–Trinajstić information content (AvgIpc) is 2.62. The van der Waals surface area contributed by atoms with Gasteiger partial charge in [0.1, 0.15) is 5.75 Å². The first kappa shape index (κ1) is 19.0. The molecule has 25 heavy (non-hydrogen) atoms. The van der Waals surface area contributed by atoms with Crippen molar-refractivity contribution in [2.45, 2.75) is 12.3 Å². The van der Waals surface area contributed by atoms with Crippen molar-refractivity contribution in [2.75, 3.05) is 21.3 Å². The van der Waals surface area contributed by atoms with Gasteiger partial charge in [0.15, 0.2) is 0 Å². The van der Waals surface area contributed by atoms with Gasteiger partial charge < -0.3 is 9.47 Å². The molecule has 2 rings (SSSR count). The molecule has 0 heterocycles. The number of hydrogen-bond acceptors (Lipinski definition) is 5. The van der Waals surface area contributed by atoms with Crippen LogP contribution in [0.4, 0.5) is 0 Å². The maximum Gasteiger partial charge on any atom is 0.337 e. The Morgan fingerprint density at radius 3 is 2.04 bits per heavy atom. The number of nitrogens with zero attached hydrogens (tertiary/aromatic N) is 1. The van der Waals surface area contributed by atoms with E-state index in [0.29, 0.717) is 11.1 Å². The number of methoxy groups -OCH3 is 2. The lowest BCUT2D eigenvalue weighted by Crippen LogP contribution is -2.27. The molecule has 0 aromatic heterocycles. The Morgan fingerprint density at radius 1 is 0.960 bits per heavy atom. The van der Waals surface area contributed by atoms with E-state index < -0.39 is 16.0 Å². The molecule has 0 N–H and O–H groups in total. The normalized spacial score (nSPS) is 11.4.